The van der Waals surface area contributed by atoms with Crippen LogP contribution >= 0.6 is 0 Å². The summed E-state index contributed by atoms with van der Waals surface area (Å²) < 4.78 is 5.65. The molecular weight excluding hydrogens is 352 g/mol. The molecule has 1 fully saturated rings. The summed E-state index contributed by atoms with van der Waals surface area (Å²) in [6, 6.07) is 7.93. The maximum atomic E-state index is 12.4. The van der Waals surface area contributed by atoms with Crippen LogP contribution in [-0.4, -0.2) is 71.6 Å². The van der Waals surface area contributed by atoms with E-state index in [4.69, 9.17) is 4.74 Å². The molecule has 1 saturated heterocycles. The van der Waals surface area contributed by atoms with Crippen molar-refractivity contribution in [3.8, 4) is 5.75 Å². The second-order valence-corrected chi connectivity index (χ2v) is 7.03. The molecule has 2 heterocycles. The molecule has 6 heteroatoms. The number of carbonyl (C=O) groups excluding carboxylic acids is 1. The van der Waals surface area contributed by atoms with Gasteiger partial charge in [-0.25, -0.2) is 4.79 Å². The molecule has 0 atom stereocenters. The van der Waals surface area contributed by atoms with E-state index in [2.05, 4.69) is 33.5 Å². The number of rotatable bonds is 7. The van der Waals surface area contributed by atoms with Crippen molar-refractivity contribution in [3.63, 3.8) is 0 Å². The van der Waals surface area contributed by atoms with E-state index in [0.717, 1.165) is 50.2 Å². The summed E-state index contributed by atoms with van der Waals surface area (Å²) in [5, 5.41) is 1.04. The van der Waals surface area contributed by atoms with Gasteiger partial charge in [-0.15, -0.1) is 6.58 Å². The first-order valence-corrected chi connectivity index (χ1v) is 10.0. The summed E-state index contributed by atoms with van der Waals surface area (Å²) in [5.41, 5.74) is 1.95. The highest BCUT2D eigenvalue weighted by Crippen LogP contribution is 2.28. The van der Waals surface area contributed by atoms with E-state index in [9.17, 15) is 4.79 Å². The van der Waals surface area contributed by atoms with Crippen molar-refractivity contribution in [2.75, 3.05) is 45.8 Å². The van der Waals surface area contributed by atoms with Gasteiger partial charge in [-0.1, -0.05) is 18.2 Å². The van der Waals surface area contributed by atoms with E-state index in [1.807, 2.05) is 32.1 Å². The van der Waals surface area contributed by atoms with Crippen molar-refractivity contribution >= 4 is 17.0 Å². The summed E-state index contributed by atoms with van der Waals surface area (Å²) in [7, 11) is 0. The van der Waals surface area contributed by atoms with Gasteiger partial charge < -0.3 is 9.64 Å². The Labute approximate surface area is 167 Å². The maximum absolute atomic E-state index is 12.4. The predicted molar refractivity (Wildman–Crippen MR) is 113 cm³/mol. The van der Waals surface area contributed by atoms with Crippen molar-refractivity contribution in [1.29, 1.82) is 0 Å². The number of piperazine rings is 1. The van der Waals surface area contributed by atoms with Crippen molar-refractivity contribution in [3.05, 3.63) is 48.7 Å². The normalized spacial score (nSPS) is 15.5. The average Bonchev–Trinajstić information content (AvgIpc) is 2.72. The van der Waals surface area contributed by atoms with Gasteiger partial charge in [0.1, 0.15) is 5.52 Å². The topological polar surface area (TPSA) is 48.9 Å². The number of pyridine rings is 1. The number of hydrogen-bond acceptors (Lipinski definition) is 5. The minimum Gasteiger partial charge on any atom is -0.408 e. The lowest BCUT2D eigenvalue weighted by molar-refractivity contribution is 0.137. The fraction of sp³-hybridized carbons (Fsp3) is 0.455. The van der Waals surface area contributed by atoms with Gasteiger partial charge in [0.2, 0.25) is 0 Å². The quantitative estimate of drug-likeness (QED) is 0.687. The molecule has 1 aliphatic heterocycles. The van der Waals surface area contributed by atoms with Crippen LogP contribution in [0.15, 0.2) is 43.1 Å². The van der Waals surface area contributed by atoms with Crippen LogP contribution in [-0.2, 0) is 6.54 Å². The lowest BCUT2D eigenvalue weighted by Crippen LogP contribution is -2.45. The molecule has 0 bridgehead atoms. The number of aromatic nitrogens is 1. The second-order valence-electron chi connectivity index (χ2n) is 7.03. The van der Waals surface area contributed by atoms with E-state index < -0.39 is 0 Å². The molecule has 1 aromatic carbocycles. The fourth-order valence-corrected chi connectivity index (χ4v) is 3.62. The van der Waals surface area contributed by atoms with Gasteiger partial charge in [-0.2, -0.15) is 0 Å². The first-order chi connectivity index (χ1) is 13.7. The SMILES string of the molecule is C=CCN1CCN(Cc2ccc(OC(=O)N(CC)CC)c3ncccc23)CC1. The highest BCUT2D eigenvalue weighted by molar-refractivity contribution is 5.89. The molecule has 0 aliphatic carbocycles. The summed E-state index contributed by atoms with van der Waals surface area (Å²) >= 11 is 0. The lowest BCUT2D eigenvalue weighted by Gasteiger charge is -2.34. The number of benzene rings is 1. The maximum Gasteiger partial charge on any atom is 0.415 e. The monoisotopic (exact) mass is 382 g/mol. The number of nitrogens with zero attached hydrogens (tertiary/aromatic N) is 4. The molecule has 1 aromatic heterocycles. The van der Waals surface area contributed by atoms with Crippen molar-refractivity contribution in [1.82, 2.24) is 19.7 Å². The van der Waals surface area contributed by atoms with Crippen LogP contribution in [0.2, 0.25) is 0 Å². The number of fused-ring (bicyclic) bond motifs is 1. The Morgan fingerprint density at radius 2 is 1.89 bits per heavy atom. The van der Waals surface area contributed by atoms with Crippen LogP contribution in [0.25, 0.3) is 10.9 Å². The molecule has 0 N–H and O–H groups in total. The molecule has 28 heavy (non-hydrogen) atoms. The van der Waals surface area contributed by atoms with Gasteiger partial charge in [0.15, 0.2) is 5.75 Å². The molecule has 6 nitrogen and oxygen atoms in total. The molecule has 1 aliphatic rings. The minimum atomic E-state index is -0.331. The Morgan fingerprint density at radius 1 is 1.18 bits per heavy atom. The first kappa shape index (κ1) is 20.3. The summed E-state index contributed by atoms with van der Waals surface area (Å²) in [6.07, 6.45) is 3.38. The third kappa shape index (κ3) is 4.69. The Bertz CT molecular complexity index is 811. The molecule has 1 amide bonds. The van der Waals surface area contributed by atoms with Gasteiger partial charge >= 0.3 is 6.09 Å². The smallest absolute Gasteiger partial charge is 0.408 e. The minimum absolute atomic E-state index is 0.331. The molecule has 3 rings (SSSR count). The van der Waals surface area contributed by atoms with Crippen LogP contribution in [0.1, 0.15) is 19.4 Å². The standard InChI is InChI=1S/C22H30N4O2/c1-4-12-24-13-15-25(16-14-24)17-18-9-10-20(21-19(18)8-7-11-23-21)28-22(27)26(5-2)6-3/h4,7-11H,1,5-6,12-17H2,2-3H3. The molecule has 150 valence electrons. The number of carbonyl (C=O) groups is 1. The number of hydrogen-bond donors (Lipinski definition) is 0. The number of ether oxygens (including phenoxy) is 1. The Morgan fingerprint density at radius 3 is 2.57 bits per heavy atom. The third-order valence-corrected chi connectivity index (χ3v) is 5.29. The van der Waals surface area contributed by atoms with E-state index >= 15 is 0 Å². The summed E-state index contributed by atoms with van der Waals surface area (Å²) in [6.45, 7) is 15.0. The van der Waals surface area contributed by atoms with Gasteiger partial charge in [-0.05, 0) is 31.5 Å². The lowest BCUT2D eigenvalue weighted by atomic mass is 10.1. The zero-order chi connectivity index (χ0) is 19.9. The molecule has 0 unspecified atom stereocenters. The molecule has 0 saturated carbocycles. The predicted octanol–water partition coefficient (Wildman–Crippen LogP) is 3.38. The fourth-order valence-electron chi connectivity index (χ4n) is 3.62. The van der Waals surface area contributed by atoms with Crippen molar-refractivity contribution in [2.24, 2.45) is 0 Å². The van der Waals surface area contributed by atoms with E-state index in [1.165, 1.54) is 5.56 Å². The molecule has 0 radical (unpaired) electrons. The zero-order valence-electron chi connectivity index (χ0n) is 16.9. The molecule has 2 aromatic rings. The van der Waals surface area contributed by atoms with Crippen molar-refractivity contribution < 1.29 is 9.53 Å². The summed E-state index contributed by atoms with van der Waals surface area (Å²) in [4.78, 5) is 23.4. The Kier molecular flexibility index (Phi) is 7.01. The van der Waals surface area contributed by atoms with Crippen LogP contribution in [0, 0.1) is 0 Å². The molecule has 0 spiro atoms. The highest BCUT2D eigenvalue weighted by Gasteiger charge is 2.19. The van der Waals surface area contributed by atoms with E-state index in [1.54, 1.807) is 11.1 Å². The zero-order valence-corrected chi connectivity index (χ0v) is 16.9. The third-order valence-electron chi connectivity index (χ3n) is 5.29. The van der Waals surface area contributed by atoms with Crippen LogP contribution in [0.5, 0.6) is 5.75 Å². The van der Waals surface area contributed by atoms with Crippen molar-refractivity contribution in [2.45, 2.75) is 20.4 Å². The highest BCUT2D eigenvalue weighted by atomic mass is 16.6. The van der Waals surface area contributed by atoms with E-state index in [0.29, 0.717) is 18.8 Å². The second kappa shape index (κ2) is 9.66. The van der Waals surface area contributed by atoms with Gasteiger partial charge in [0, 0.05) is 63.9 Å². The number of amides is 1. The van der Waals surface area contributed by atoms with Gasteiger partial charge in [0.05, 0.1) is 0 Å². The van der Waals surface area contributed by atoms with Crippen LogP contribution < -0.4 is 4.74 Å². The van der Waals surface area contributed by atoms with Gasteiger partial charge in [-0.3, -0.25) is 14.8 Å². The Balaban J connectivity index is 1.77. The average molecular weight is 383 g/mol. The van der Waals surface area contributed by atoms with Crippen LogP contribution in [0.3, 0.4) is 0 Å². The first-order valence-electron chi connectivity index (χ1n) is 10.0. The largest absolute Gasteiger partial charge is 0.415 e. The van der Waals surface area contributed by atoms with E-state index in [-0.39, 0.29) is 6.09 Å². The van der Waals surface area contributed by atoms with Gasteiger partial charge in [0.25, 0.3) is 0 Å². The summed E-state index contributed by atoms with van der Waals surface area (Å²) in [5.74, 6) is 0.520. The molecular formula is C22H30N4O2. The Hall–Kier alpha value is -2.44. The van der Waals surface area contributed by atoms with Crippen LogP contribution in [0.4, 0.5) is 4.79 Å².